The van der Waals surface area contributed by atoms with Crippen LogP contribution in [-0.4, -0.2) is 0 Å². The second kappa shape index (κ2) is 14.0. The molecule has 0 spiro atoms. The van der Waals surface area contributed by atoms with Crippen molar-refractivity contribution in [3.8, 4) is 44.5 Å². The van der Waals surface area contributed by atoms with Gasteiger partial charge in [0.15, 0.2) is 0 Å². The molecule has 8 aromatic carbocycles. The summed E-state index contributed by atoms with van der Waals surface area (Å²) in [6, 6.07) is 63.8. The molecule has 8 rings (SSSR count). The molecule has 0 saturated heterocycles. The molecule has 0 bridgehead atoms. The summed E-state index contributed by atoms with van der Waals surface area (Å²) in [5.74, 6) is -0.858. The smallest absolute Gasteiger partial charge is 0.123 e. The van der Waals surface area contributed by atoms with Crippen LogP contribution < -0.4 is 0 Å². The summed E-state index contributed by atoms with van der Waals surface area (Å²) < 4.78 is 42.8. The van der Waals surface area contributed by atoms with Gasteiger partial charge in [0, 0.05) is 0 Å². The SMILES string of the molecule is Fc1cccc(-c2ccc(C(c3ccc(-c4ccccc4)cc3)(c3ccc(-c4cccc(F)c4)cc3)c3ccc(-c4cccc(F)c4)cc3)cc2)c1. The third kappa shape index (κ3) is 6.34. The van der Waals surface area contributed by atoms with E-state index in [1.54, 1.807) is 36.4 Å². The highest BCUT2D eigenvalue weighted by atomic mass is 19.1. The Morgan fingerprint density at radius 1 is 0.231 bits per heavy atom. The van der Waals surface area contributed by atoms with Crippen LogP contribution in [0.3, 0.4) is 0 Å². The summed E-state index contributed by atoms with van der Waals surface area (Å²) in [7, 11) is 0. The van der Waals surface area contributed by atoms with Gasteiger partial charge in [-0.2, -0.15) is 0 Å². The van der Waals surface area contributed by atoms with E-state index in [1.807, 2.05) is 72.8 Å². The fourth-order valence-corrected chi connectivity index (χ4v) is 7.29. The third-order valence-electron chi connectivity index (χ3n) is 9.85. The molecular formula is C49H33F3. The lowest BCUT2D eigenvalue weighted by molar-refractivity contribution is 0.628. The first-order valence-electron chi connectivity index (χ1n) is 17.2. The molecule has 250 valence electrons. The van der Waals surface area contributed by atoms with Gasteiger partial charge in [-0.15, -0.1) is 0 Å². The van der Waals surface area contributed by atoms with Crippen molar-refractivity contribution in [2.24, 2.45) is 0 Å². The van der Waals surface area contributed by atoms with Gasteiger partial charge in [0.05, 0.1) is 5.41 Å². The van der Waals surface area contributed by atoms with Crippen LogP contribution in [0.2, 0.25) is 0 Å². The maximum Gasteiger partial charge on any atom is 0.123 e. The minimum Gasteiger partial charge on any atom is -0.207 e. The quantitative estimate of drug-likeness (QED) is 0.140. The maximum absolute atomic E-state index is 14.3. The molecule has 0 atom stereocenters. The van der Waals surface area contributed by atoms with Crippen LogP contribution in [0.4, 0.5) is 13.2 Å². The van der Waals surface area contributed by atoms with E-state index in [-0.39, 0.29) is 17.5 Å². The molecule has 0 aromatic heterocycles. The lowest BCUT2D eigenvalue weighted by Crippen LogP contribution is -2.31. The number of rotatable bonds is 8. The zero-order valence-corrected chi connectivity index (χ0v) is 28.2. The Kier molecular flexibility index (Phi) is 8.84. The Labute approximate surface area is 302 Å². The van der Waals surface area contributed by atoms with Gasteiger partial charge < -0.3 is 0 Å². The van der Waals surface area contributed by atoms with Crippen molar-refractivity contribution in [2.75, 3.05) is 0 Å². The van der Waals surface area contributed by atoms with Gasteiger partial charge in [-0.3, -0.25) is 0 Å². The summed E-state index contributed by atoms with van der Waals surface area (Å²) in [5.41, 5.74) is 10.6. The van der Waals surface area contributed by atoms with Crippen molar-refractivity contribution in [3.63, 3.8) is 0 Å². The number of benzene rings is 8. The predicted octanol–water partition coefficient (Wildman–Crippen LogP) is 13.2. The minimum atomic E-state index is -0.809. The fourth-order valence-electron chi connectivity index (χ4n) is 7.29. The van der Waals surface area contributed by atoms with Gasteiger partial charge in [-0.1, -0.05) is 164 Å². The maximum atomic E-state index is 14.3. The Balaban J connectivity index is 1.35. The highest BCUT2D eigenvalue weighted by Gasteiger charge is 2.38. The zero-order chi connectivity index (χ0) is 35.5. The predicted molar refractivity (Wildman–Crippen MR) is 206 cm³/mol. The van der Waals surface area contributed by atoms with Crippen LogP contribution in [0.15, 0.2) is 200 Å². The number of hydrogen-bond donors (Lipinski definition) is 0. The molecule has 0 unspecified atom stereocenters. The standard InChI is InChI=1S/C49H33F3/c50-46-12-4-9-39(31-46)36-17-25-43(26-18-36)49(42-23-15-35(16-24-42)34-7-2-1-3-8-34,44-27-19-37(20-28-44)40-10-5-13-47(51)32-40)45-29-21-38(22-30-45)41-11-6-14-48(52)33-41/h1-33H. The first kappa shape index (κ1) is 32.7. The summed E-state index contributed by atoms with van der Waals surface area (Å²) in [6.07, 6.45) is 0. The Morgan fingerprint density at radius 3 is 0.769 bits per heavy atom. The van der Waals surface area contributed by atoms with Crippen LogP contribution in [-0.2, 0) is 5.41 Å². The van der Waals surface area contributed by atoms with E-state index < -0.39 is 5.41 Å². The van der Waals surface area contributed by atoms with Crippen molar-refractivity contribution in [2.45, 2.75) is 5.41 Å². The van der Waals surface area contributed by atoms with Crippen LogP contribution in [0.25, 0.3) is 44.5 Å². The first-order chi connectivity index (χ1) is 25.5. The molecule has 8 aromatic rings. The monoisotopic (exact) mass is 678 g/mol. The van der Waals surface area contributed by atoms with Crippen molar-refractivity contribution in [3.05, 3.63) is 240 Å². The molecule has 3 heteroatoms. The molecule has 0 nitrogen and oxygen atoms in total. The molecule has 0 saturated carbocycles. The largest absolute Gasteiger partial charge is 0.207 e. The fraction of sp³-hybridized carbons (Fsp3) is 0.0204. The molecular weight excluding hydrogens is 646 g/mol. The second-order valence-corrected chi connectivity index (χ2v) is 13.0. The van der Waals surface area contributed by atoms with E-state index in [4.69, 9.17) is 0 Å². The Morgan fingerprint density at radius 2 is 0.481 bits per heavy atom. The average Bonchev–Trinajstić information content (AvgIpc) is 3.20. The summed E-state index contributed by atoms with van der Waals surface area (Å²) in [5, 5.41) is 0. The van der Waals surface area contributed by atoms with Crippen molar-refractivity contribution >= 4 is 0 Å². The topological polar surface area (TPSA) is 0 Å². The van der Waals surface area contributed by atoms with Gasteiger partial charge in [0.25, 0.3) is 0 Å². The Hall–Kier alpha value is -6.45. The van der Waals surface area contributed by atoms with Crippen molar-refractivity contribution in [1.29, 1.82) is 0 Å². The lowest BCUT2D eigenvalue weighted by Gasteiger charge is -2.37. The first-order valence-corrected chi connectivity index (χ1v) is 17.2. The number of halogens is 3. The normalized spacial score (nSPS) is 11.4. The molecule has 0 amide bonds. The van der Waals surface area contributed by atoms with E-state index in [0.717, 1.165) is 66.8 Å². The summed E-state index contributed by atoms with van der Waals surface area (Å²) >= 11 is 0. The van der Waals surface area contributed by atoms with Crippen LogP contribution in [0, 0.1) is 17.5 Å². The molecule has 0 aliphatic carbocycles. The average molecular weight is 679 g/mol. The third-order valence-corrected chi connectivity index (χ3v) is 9.85. The van der Waals surface area contributed by atoms with E-state index in [9.17, 15) is 13.2 Å². The molecule has 0 radical (unpaired) electrons. The minimum absolute atomic E-state index is 0.286. The van der Waals surface area contributed by atoms with Crippen LogP contribution in [0.5, 0.6) is 0 Å². The van der Waals surface area contributed by atoms with E-state index in [0.29, 0.717) is 0 Å². The highest BCUT2D eigenvalue weighted by Crippen LogP contribution is 2.47. The van der Waals surface area contributed by atoms with E-state index in [2.05, 4.69) is 72.8 Å². The van der Waals surface area contributed by atoms with Gasteiger partial charge in [-0.25, -0.2) is 13.2 Å². The second-order valence-electron chi connectivity index (χ2n) is 13.0. The molecule has 0 heterocycles. The van der Waals surface area contributed by atoms with Gasteiger partial charge in [-0.05, 0) is 103 Å². The zero-order valence-electron chi connectivity index (χ0n) is 28.2. The number of hydrogen-bond acceptors (Lipinski definition) is 0. The van der Waals surface area contributed by atoms with Gasteiger partial charge in [0.1, 0.15) is 17.5 Å². The van der Waals surface area contributed by atoms with Crippen LogP contribution >= 0.6 is 0 Å². The Bertz CT molecular complexity index is 2230. The summed E-state index contributed by atoms with van der Waals surface area (Å²) in [6.45, 7) is 0. The molecule has 52 heavy (non-hydrogen) atoms. The van der Waals surface area contributed by atoms with Crippen molar-refractivity contribution < 1.29 is 13.2 Å². The summed E-state index contributed by atoms with van der Waals surface area (Å²) in [4.78, 5) is 0. The highest BCUT2D eigenvalue weighted by molar-refractivity contribution is 5.72. The van der Waals surface area contributed by atoms with Crippen LogP contribution in [0.1, 0.15) is 22.3 Å². The molecule has 0 aliphatic rings. The van der Waals surface area contributed by atoms with Gasteiger partial charge >= 0.3 is 0 Å². The van der Waals surface area contributed by atoms with Crippen molar-refractivity contribution in [1.82, 2.24) is 0 Å². The van der Waals surface area contributed by atoms with E-state index >= 15 is 0 Å². The lowest BCUT2D eigenvalue weighted by atomic mass is 9.64. The van der Waals surface area contributed by atoms with Gasteiger partial charge in [0.2, 0.25) is 0 Å². The molecule has 0 aliphatic heterocycles. The molecule has 0 fully saturated rings. The molecule has 0 N–H and O–H groups in total. The van der Waals surface area contributed by atoms with E-state index in [1.165, 1.54) is 18.2 Å².